The number of aromatic nitrogens is 1. The van der Waals surface area contributed by atoms with Crippen molar-refractivity contribution in [2.24, 2.45) is 5.92 Å². The molecule has 1 aromatic carbocycles. The van der Waals surface area contributed by atoms with E-state index in [0.29, 0.717) is 5.69 Å². The second-order valence-corrected chi connectivity index (χ2v) is 6.37. The summed E-state index contributed by atoms with van der Waals surface area (Å²) in [6.07, 6.45) is 3.84. The second kappa shape index (κ2) is 7.49. The highest BCUT2D eigenvalue weighted by atomic mass is 16.3. The van der Waals surface area contributed by atoms with E-state index in [2.05, 4.69) is 15.6 Å². The highest BCUT2D eigenvalue weighted by Crippen LogP contribution is 2.27. The maximum Gasteiger partial charge on any atom is 0.268 e. The number of amides is 2. The van der Waals surface area contributed by atoms with E-state index < -0.39 is 6.10 Å². The van der Waals surface area contributed by atoms with Crippen molar-refractivity contribution in [3.05, 3.63) is 36.0 Å². The zero-order chi connectivity index (χ0) is 16.9. The number of fused-ring (bicyclic) bond motifs is 1. The Kier molecular flexibility index (Phi) is 5.15. The van der Waals surface area contributed by atoms with E-state index in [-0.39, 0.29) is 30.8 Å². The third kappa shape index (κ3) is 3.94. The van der Waals surface area contributed by atoms with Crippen LogP contribution in [0.4, 0.5) is 0 Å². The van der Waals surface area contributed by atoms with E-state index in [1.807, 2.05) is 24.3 Å². The van der Waals surface area contributed by atoms with Gasteiger partial charge in [-0.05, 0) is 30.9 Å². The van der Waals surface area contributed by atoms with Gasteiger partial charge in [0.1, 0.15) is 5.69 Å². The number of H-pyrrole nitrogens is 1. The highest BCUT2D eigenvalue weighted by molar-refractivity contribution is 5.99. The van der Waals surface area contributed by atoms with Crippen LogP contribution in [0.5, 0.6) is 0 Å². The molecule has 3 rings (SSSR count). The van der Waals surface area contributed by atoms with Crippen molar-refractivity contribution in [1.29, 1.82) is 0 Å². The van der Waals surface area contributed by atoms with Crippen molar-refractivity contribution in [1.82, 2.24) is 15.6 Å². The normalized spacial score (nSPS) is 16.2. The molecule has 1 heterocycles. The number of para-hydroxylation sites is 1. The van der Waals surface area contributed by atoms with E-state index in [0.717, 1.165) is 36.6 Å². The number of aliphatic hydroxyl groups excluding tert-OH is 1. The monoisotopic (exact) mass is 329 g/mol. The van der Waals surface area contributed by atoms with Gasteiger partial charge < -0.3 is 20.7 Å². The Balaban J connectivity index is 1.44. The number of benzene rings is 1. The molecule has 0 spiro atoms. The molecule has 1 unspecified atom stereocenters. The van der Waals surface area contributed by atoms with Crippen LogP contribution in [-0.2, 0) is 4.79 Å². The van der Waals surface area contributed by atoms with Gasteiger partial charge in [-0.1, -0.05) is 31.0 Å². The summed E-state index contributed by atoms with van der Waals surface area (Å²) in [5, 5.41) is 16.2. The molecule has 24 heavy (non-hydrogen) atoms. The third-order valence-corrected chi connectivity index (χ3v) is 4.64. The van der Waals surface area contributed by atoms with Gasteiger partial charge in [0.15, 0.2) is 0 Å². The molecule has 1 aliphatic rings. The lowest BCUT2D eigenvalue weighted by molar-refractivity contribution is -0.120. The standard InChI is InChI=1S/C18H23N3O3/c22-16(12-5-1-2-6-12)10-19-17(23)11-20-18(24)15-9-13-7-3-4-8-14(13)21-15/h3-4,7-9,12,16,21-22H,1-2,5-6,10-11H2,(H,19,23)(H,20,24). The van der Waals surface area contributed by atoms with Gasteiger partial charge in [0.05, 0.1) is 12.6 Å². The summed E-state index contributed by atoms with van der Waals surface area (Å²) in [4.78, 5) is 26.9. The van der Waals surface area contributed by atoms with Crippen LogP contribution in [0.3, 0.4) is 0 Å². The van der Waals surface area contributed by atoms with Gasteiger partial charge in [0.25, 0.3) is 5.91 Å². The zero-order valence-corrected chi connectivity index (χ0v) is 13.5. The SMILES string of the molecule is O=C(CNC(=O)c1cc2ccccc2[nH]1)NCC(O)C1CCCC1. The van der Waals surface area contributed by atoms with Crippen molar-refractivity contribution >= 4 is 22.7 Å². The fraction of sp³-hybridized carbons (Fsp3) is 0.444. The molecule has 1 aromatic heterocycles. The summed E-state index contributed by atoms with van der Waals surface area (Å²) in [5.74, 6) is -0.333. The topological polar surface area (TPSA) is 94.2 Å². The van der Waals surface area contributed by atoms with Crippen LogP contribution in [0.25, 0.3) is 10.9 Å². The third-order valence-electron chi connectivity index (χ3n) is 4.64. The number of nitrogens with one attached hydrogen (secondary N) is 3. The van der Waals surface area contributed by atoms with Crippen LogP contribution in [-0.4, -0.2) is 41.1 Å². The molecule has 6 heteroatoms. The van der Waals surface area contributed by atoms with Gasteiger partial charge >= 0.3 is 0 Å². The van der Waals surface area contributed by atoms with Gasteiger partial charge in [-0.15, -0.1) is 0 Å². The summed E-state index contributed by atoms with van der Waals surface area (Å²) < 4.78 is 0. The molecular weight excluding hydrogens is 306 g/mol. The molecule has 2 aromatic rings. The fourth-order valence-electron chi connectivity index (χ4n) is 3.24. The van der Waals surface area contributed by atoms with Crippen LogP contribution in [0.15, 0.2) is 30.3 Å². The van der Waals surface area contributed by atoms with Gasteiger partial charge in [-0.2, -0.15) is 0 Å². The molecule has 1 aliphatic carbocycles. The lowest BCUT2D eigenvalue weighted by atomic mass is 10.0. The number of carbonyl (C=O) groups excluding carboxylic acids is 2. The lowest BCUT2D eigenvalue weighted by Crippen LogP contribution is -2.41. The maximum absolute atomic E-state index is 12.1. The Labute approximate surface area is 140 Å². The maximum atomic E-state index is 12.1. The summed E-state index contributed by atoms with van der Waals surface area (Å²) in [6, 6.07) is 9.36. The minimum Gasteiger partial charge on any atom is -0.391 e. The van der Waals surface area contributed by atoms with Crippen molar-refractivity contribution < 1.29 is 14.7 Å². The number of hydrogen-bond donors (Lipinski definition) is 4. The van der Waals surface area contributed by atoms with E-state index in [4.69, 9.17) is 0 Å². The Hall–Kier alpha value is -2.34. The predicted molar refractivity (Wildman–Crippen MR) is 91.6 cm³/mol. The number of carbonyl (C=O) groups is 2. The Morgan fingerprint density at radius 3 is 2.71 bits per heavy atom. The van der Waals surface area contributed by atoms with Crippen LogP contribution in [0.2, 0.25) is 0 Å². The lowest BCUT2D eigenvalue weighted by Gasteiger charge is -2.18. The van der Waals surface area contributed by atoms with Crippen molar-refractivity contribution in [3.8, 4) is 0 Å². The molecule has 0 saturated heterocycles. The van der Waals surface area contributed by atoms with Gasteiger partial charge in [-0.25, -0.2) is 0 Å². The summed E-state index contributed by atoms with van der Waals surface area (Å²) in [5.41, 5.74) is 1.31. The fourth-order valence-corrected chi connectivity index (χ4v) is 3.24. The van der Waals surface area contributed by atoms with E-state index in [9.17, 15) is 14.7 Å². The van der Waals surface area contributed by atoms with Crippen LogP contribution < -0.4 is 10.6 Å². The quantitative estimate of drug-likeness (QED) is 0.648. The zero-order valence-electron chi connectivity index (χ0n) is 13.5. The van der Waals surface area contributed by atoms with Crippen molar-refractivity contribution in [3.63, 3.8) is 0 Å². The first-order valence-electron chi connectivity index (χ1n) is 8.44. The molecular formula is C18H23N3O3. The smallest absolute Gasteiger partial charge is 0.268 e. The largest absolute Gasteiger partial charge is 0.391 e. The van der Waals surface area contributed by atoms with Gasteiger partial charge in [0, 0.05) is 17.4 Å². The first-order chi connectivity index (χ1) is 11.6. The second-order valence-electron chi connectivity index (χ2n) is 6.37. The average Bonchev–Trinajstić information content (AvgIpc) is 3.26. The Bertz CT molecular complexity index is 686. The molecule has 128 valence electrons. The van der Waals surface area contributed by atoms with E-state index in [1.165, 1.54) is 0 Å². The molecule has 1 fully saturated rings. The number of rotatable bonds is 6. The van der Waals surface area contributed by atoms with Crippen LogP contribution in [0, 0.1) is 5.92 Å². The van der Waals surface area contributed by atoms with Gasteiger partial charge in [-0.3, -0.25) is 9.59 Å². The van der Waals surface area contributed by atoms with Crippen molar-refractivity contribution in [2.75, 3.05) is 13.1 Å². The molecule has 0 radical (unpaired) electrons. The first kappa shape index (κ1) is 16.5. The van der Waals surface area contributed by atoms with Crippen LogP contribution in [0.1, 0.15) is 36.2 Å². The number of aromatic amines is 1. The number of hydrogen-bond acceptors (Lipinski definition) is 3. The molecule has 0 bridgehead atoms. The van der Waals surface area contributed by atoms with Crippen molar-refractivity contribution in [2.45, 2.75) is 31.8 Å². The Morgan fingerprint density at radius 1 is 1.21 bits per heavy atom. The minimum absolute atomic E-state index is 0.106. The molecule has 2 amide bonds. The van der Waals surface area contributed by atoms with E-state index >= 15 is 0 Å². The molecule has 0 aliphatic heterocycles. The van der Waals surface area contributed by atoms with Crippen LogP contribution >= 0.6 is 0 Å². The molecule has 6 nitrogen and oxygen atoms in total. The first-order valence-corrected chi connectivity index (χ1v) is 8.44. The molecule has 1 atom stereocenters. The summed E-state index contributed by atoms with van der Waals surface area (Å²) in [6.45, 7) is 0.136. The number of aliphatic hydroxyl groups is 1. The highest BCUT2D eigenvalue weighted by Gasteiger charge is 2.23. The van der Waals surface area contributed by atoms with E-state index in [1.54, 1.807) is 6.07 Å². The molecule has 1 saturated carbocycles. The molecule has 4 N–H and O–H groups in total. The Morgan fingerprint density at radius 2 is 1.96 bits per heavy atom. The predicted octanol–water partition coefficient (Wildman–Crippen LogP) is 1.56. The summed E-state index contributed by atoms with van der Waals surface area (Å²) in [7, 11) is 0. The summed E-state index contributed by atoms with van der Waals surface area (Å²) >= 11 is 0. The van der Waals surface area contributed by atoms with Gasteiger partial charge in [0.2, 0.25) is 5.91 Å². The minimum atomic E-state index is -0.499. The average molecular weight is 329 g/mol.